The third kappa shape index (κ3) is 2.69. The number of halogens is 1. The summed E-state index contributed by atoms with van der Waals surface area (Å²) in [5.41, 5.74) is 0. The Morgan fingerprint density at radius 2 is 2.20 bits per heavy atom. The molecule has 0 aliphatic rings. The summed E-state index contributed by atoms with van der Waals surface area (Å²) >= 11 is 3.25. The molecule has 0 spiro atoms. The zero-order chi connectivity index (χ0) is 8.15. The van der Waals surface area contributed by atoms with Gasteiger partial charge in [-0.25, -0.2) is 0 Å². The highest BCUT2D eigenvalue weighted by molar-refractivity contribution is 9.10. The fourth-order valence-corrected chi connectivity index (χ4v) is 1.11. The molecule has 0 aliphatic carbocycles. The van der Waals surface area contributed by atoms with Crippen LogP contribution in [0.15, 0.2) is 0 Å². The Hall–Kier alpha value is -0.0500. The molecule has 2 nitrogen and oxygen atoms in total. The number of carbonyl (C=O) groups excluding carboxylic acids is 1. The predicted molar refractivity (Wildman–Crippen MR) is 44.2 cm³/mol. The zero-order valence-electron chi connectivity index (χ0n) is 6.56. The molecule has 0 aliphatic heterocycles. The van der Waals surface area contributed by atoms with Crippen LogP contribution in [0.25, 0.3) is 0 Å². The van der Waals surface area contributed by atoms with E-state index in [9.17, 15) is 4.79 Å². The first-order valence-corrected chi connectivity index (χ1v) is 4.27. The number of rotatable bonds is 3. The van der Waals surface area contributed by atoms with Crippen LogP contribution in [0.5, 0.6) is 0 Å². The summed E-state index contributed by atoms with van der Waals surface area (Å²) in [6.45, 7) is 4.05. The van der Waals surface area contributed by atoms with Crippen molar-refractivity contribution in [3.05, 3.63) is 0 Å². The van der Waals surface area contributed by atoms with E-state index in [1.54, 1.807) is 0 Å². The largest absolute Gasteiger partial charge is 0.468 e. The van der Waals surface area contributed by atoms with Gasteiger partial charge in [0, 0.05) is 0 Å². The Labute approximate surface area is 70.1 Å². The van der Waals surface area contributed by atoms with E-state index >= 15 is 0 Å². The number of carbonyl (C=O) groups is 1. The van der Waals surface area contributed by atoms with Crippen LogP contribution in [0, 0.1) is 5.92 Å². The van der Waals surface area contributed by atoms with Gasteiger partial charge in [0.2, 0.25) is 0 Å². The van der Waals surface area contributed by atoms with Gasteiger partial charge in [-0.1, -0.05) is 36.2 Å². The molecule has 0 aromatic rings. The summed E-state index contributed by atoms with van der Waals surface area (Å²) in [6, 6.07) is 0. The van der Waals surface area contributed by atoms with E-state index in [-0.39, 0.29) is 10.8 Å². The molecular weight excluding hydrogens is 196 g/mol. The van der Waals surface area contributed by atoms with Crippen LogP contribution in [0.3, 0.4) is 0 Å². The van der Waals surface area contributed by atoms with E-state index < -0.39 is 0 Å². The van der Waals surface area contributed by atoms with Crippen LogP contribution in [0.2, 0.25) is 0 Å². The fourth-order valence-electron chi connectivity index (χ4n) is 0.552. The highest BCUT2D eigenvalue weighted by Gasteiger charge is 2.20. The summed E-state index contributed by atoms with van der Waals surface area (Å²) in [5.74, 6) is 0.154. The highest BCUT2D eigenvalue weighted by Crippen LogP contribution is 2.16. The maximum absolute atomic E-state index is 10.8. The minimum atomic E-state index is -0.186. The van der Waals surface area contributed by atoms with Crippen molar-refractivity contribution in [1.29, 1.82) is 0 Å². The van der Waals surface area contributed by atoms with E-state index in [4.69, 9.17) is 0 Å². The molecule has 0 heterocycles. The van der Waals surface area contributed by atoms with E-state index in [0.717, 1.165) is 6.42 Å². The Morgan fingerprint density at radius 3 is 2.50 bits per heavy atom. The van der Waals surface area contributed by atoms with E-state index in [2.05, 4.69) is 20.7 Å². The number of alkyl halides is 1. The molecule has 10 heavy (non-hydrogen) atoms. The van der Waals surface area contributed by atoms with Crippen LogP contribution >= 0.6 is 15.9 Å². The predicted octanol–water partition coefficient (Wildman–Crippen LogP) is 1.97. The van der Waals surface area contributed by atoms with Gasteiger partial charge < -0.3 is 4.74 Å². The fraction of sp³-hybridized carbons (Fsp3) is 0.857. The molecule has 2 atom stereocenters. The number of hydrogen-bond donors (Lipinski definition) is 0. The van der Waals surface area contributed by atoms with Gasteiger partial charge in [0.25, 0.3) is 0 Å². The molecule has 3 heteroatoms. The Bertz CT molecular complexity index is 114. The van der Waals surface area contributed by atoms with Crippen molar-refractivity contribution in [3.8, 4) is 0 Å². The van der Waals surface area contributed by atoms with Crippen molar-refractivity contribution in [1.82, 2.24) is 0 Å². The van der Waals surface area contributed by atoms with Crippen molar-refractivity contribution >= 4 is 21.9 Å². The summed E-state index contributed by atoms with van der Waals surface area (Å²) in [4.78, 5) is 10.7. The second-order valence-electron chi connectivity index (χ2n) is 2.31. The topological polar surface area (TPSA) is 26.3 Å². The van der Waals surface area contributed by atoms with Gasteiger partial charge in [-0.15, -0.1) is 0 Å². The second kappa shape index (κ2) is 4.72. The summed E-state index contributed by atoms with van der Waals surface area (Å²) < 4.78 is 4.55. The van der Waals surface area contributed by atoms with Crippen LogP contribution in [-0.4, -0.2) is 17.9 Å². The zero-order valence-corrected chi connectivity index (χ0v) is 8.14. The first-order valence-electron chi connectivity index (χ1n) is 3.35. The molecule has 0 bridgehead atoms. The SMILES string of the molecule is CC[C@H](C)[C@H](Br)C(=O)OC. The van der Waals surface area contributed by atoms with E-state index in [1.165, 1.54) is 7.11 Å². The smallest absolute Gasteiger partial charge is 0.319 e. The van der Waals surface area contributed by atoms with E-state index in [1.807, 2.05) is 13.8 Å². The Kier molecular flexibility index (Phi) is 4.69. The lowest BCUT2D eigenvalue weighted by Gasteiger charge is -2.12. The molecule has 0 aromatic heterocycles. The first-order chi connectivity index (χ1) is 4.63. The molecule has 60 valence electrons. The van der Waals surface area contributed by atoms with Crippen molar-refractivity contribution in [2.45, 2.75) is 25.1 Å². The van der Waals surface area contributed by atoms with Crippen molar-refractivity contribution < 1.29 is 9.53 Å². The molecule has 0 radical (unpaired) electrons. The van der Waals surface area contributed by atoms with Crippen molar-refractivity contribution in [2.24, 2.45) is 5.92 Å². The van der Waals surface area contributed by atoms with Crippen LogP contribution < -0.4 is 0 Å². The summed E-state index contributed by atoms with van der Waals surface area (Å²) in [7, 11) is 1.40. The van der Waals surface area contributed by atoms with Crippen molar-refractivity contribution in [2.75, 3.05) is 7.11 Å². The molecule has 0 rings (SSSR count). The summed E-state index contributed by atoms with van der Waals surface area (Å²) in [5, 5.41) is 0. The highest BCUT2D eigenvalue weighted by atomic mass is 79.9. The summed E-state index contributed by atoms with van der Waals surface area (Å²) in [6.07, 6.45) is 0.977. The molecule has 0 saturated heterocycles. The van der Waals surface area contributed by atoms with Gasteiger partial charge in [-0.05, 0) is 5.92 Å². The van der Waals surface area contributed by atoms with Crippen LogP contribution in [-0.2, 0) is 9.53 Å². The molecule has 0 aromatic carbocycles. The lowest BCUT2D eigenvalue weighted by Crippen LogP contribution is -2.22. The third-order valence-corrected chi connectivity index (χ3v) is 2.85. The van der Waals surface area contributed by atoms with Crippen molar-refractivity contribution in [3.63, 3.8) is 0 Å². The second-order valence-corrected chi connectivity index (χ2v) is 3.30. The Balaban J connectivity index is 3.81. The molecule has 0 fully saturated rings. The number of esters is 1. The lowest BCUT2D eigenvalue weighted by atomic mass is 10.1. The minimum absolute atomic E-state index is 0.150. The van der Waals surface area contributed by atoms with E-state index in [0.29, 0.717) is 5.92 Å². The molecule has 0 N–H and O–H groups in total. The standard InChI is InChI=1S/C7H13BrO2/c1-4-5(2)6(8)7(9)10-3/h5-6H,4H2,1-3H3/t5-,6-/m0/s1. The molecule has 0 unspecified atom stereocenters. The van der Waals surface area contributed by atoms with Gasteiger partial charge in [-0.2, -0.15) is 0 Å². The van der Waals surface area contributed by atoms with Gasteiger partial charge in [0.15, 0.2) is 0 Å². The molecule has 0 amide bonds. The van der Waals surface area contributed by atoms with Crippen LogP contribution in [0.4, 0.5) is 0 Å². The van der Waals surface area contributed by atoms with Crippen LogP contribution in [0.1, 0.15) is 20.3 Å². The monoisotopic (exact) mass is 208 g/mol. The van der Waals surface area contributed by atoms with Gasteiger partial charge in [0.1, 0.15) is 4.83 Å². The Morgan fingerprint density at radius 1 is 1.70 bits per heavy atom. The van der Waals surface area contributed by atoms with Gasteiger partial charge in [0.05, 0.1) is 7.11 Å². The number of methoxy groups -OCH3 is 1. The normalized spacial score (nSPS) is 16.0. The molecule has 0 saturated carbocycles. The lowest BCUT2D eigenvalue weighted by molar-refractivity contribution is -0.140. The maximum atomic E-state index is 10.8. The third-order valence-electron chi connectivity index (χ3n) is 1.57. The van der Waals surface area contributed by atoms with Gasteiger partial charge in [-0.3, -0.25) is 4.79 Å². The number of hydrogen-bond acceptors (Lipinski definition) is 2. The minimum Gasteiger partial charge on any atom is -0.468 e. The average Bonchev–Trinajstić information content (AvgIpc) is 2.00. The maximum Gasteiger partial charge on any atom is 0.319 e. The average molecular weight is 209 g/mol. The molecular formula is C7H13BrO2. The quantitative estimate of drug-likeness (QED) is 0.524. The first kappa shape index (κ1) is 9.95. The number of ether oxygens (including phenoxy) is 1. The van der Waals surface area contributed by atoms with Gasteiger partial charge >= 0.3 is 5.97 Å².